The lowest BCUT2D eigenvalue weighted by atomic mass is 9.76. The molecule has 6 heteroatoms. The van der Waals surface area contributed by atoms with Crippen molar-refractivity contribution in [3.63, 3.8) is 0 Å². The van der Waals surface area contributed by atoms with Gasteiger partial charge in [-0.2, -0.15) is 0 Å². The third-order valence-corrected chi connectivity index (χ3v) is 5.77. The van der Waals surface area contributed by atoms with Crippen LogP contribution in [0.2, 0.25) is 0 Å². The van der Waals surface area contributed by atoms with E-state index in [0.29, 0.717) is 5.56 Å². The predicted molar refractivity (Wildman–Crippen MR) is 94.0 cm³/mol. The molecule has 1 aromatic heterocycles. The van der Waals surface area contributed by atoms with Gasteiger partial charge in [-0.25, -0.2) is 4.98 Å². The molecule has 0 radical (unpaired) electrons. The molecule has 0 bridgehead atoms. The number of fused-ring (bicyclic) bond motifs is 2. The van der Waals surface area contributed by atoms with Gasteiger partial charge in [0.25, 0.3) is 0 Å². The van der Waals surface area contributed by atoms with Gasteiger partial charge in [-0.3, -0.25) is 9.59 Å². The van der Waals surface area contributed by atoms with Crippen LogP contribution in [0.5, 0.6) is 0 Å². The molecular formula is C19H22N4O2. The van der Waals surface area contributed by atoms with Gasteiger partial charge in [-0.1, -0.05) is 12.1 Å². The predicted octanol–water partition coefficient (Wildman–Crippen LogP) is 1.93. The van der Waals surface area contributed by atoms with E-state index < -0.39 is 5.91 Å². The van der Waals surface area contributed by atoms with E-state index in [9.17, 15) is 9.59 Å². The molecule has 2 aliphatic rings. The number of likely N-dealkylation sites (tertiary alicyclic amines) is 1. The molecule has 1 saturated heterocycles. The first-order valence-corrected chi connectivity index (χ1v) is 8.72. The van der Waals surface area contributed by atoms with Crippen molar-refractivity contribution in [1.82, 2.24) is 14.5 Å². The van der Waals surface area contributed by atoms with Gasteiger partial charge < -0.3 is 15.2 Å². The Morgan fingerprint density at radius 2 is 1.72 bits per heavy atom. The maximum atomic E-state index is 11.6. The van der Waals surface area contributed by atoms with E-state index in [2.05, 4.69) is 4.57 Å². The SMILES string of the molecule is CC(=O)N1CCC2(CC1)CCn1c(-c3ccc(C(N)=O)cc3)cnc12. The van der Waals surface area contributed by atoms with Crippen LogP contribution in [-0.4, -0.2) is 39.4 Å². The number of nitrogens with zero attached hydrogens (tertiary/aromatic N) is 3. The minimum absolute atomic E-state index is 0.0946. The van der Waals surface area contributed by atoms with E-state index in [-0.39, 0.29) is 11.3 Å². The average Bonchev–Trinajstić information content (AvgIpc) is 3.18. The van der Waals surface area contributed by atoms with Gasteiger partial charge in [-0.05, 0) is 37.0 Å². The van der Waals surface area contributed by atoms with E-state index in [1.807, 2.05) is 23.2 Å². The first-order valence-electron chi connectivity index (χ1n) is 8.72. The van der Waals surface area contributed by atoms with Crippen LogP contribution in [0.4, 0.5) is 0 Å². The second-order valence-corrected chi connectivity index (χ2v) is 7.10. The molecule has 2 aromatic rings. The van der Waals surface area contributed by atoms with Crippen molar-refractivity contribution in [3.05, 3.63) is 41.9 Å². The highest BCUT2D eigenvalue weighted by Gasteiger charge is 2.44. The number of carbonyl (C=O) groups excluding carboxylic acids is 2. The molecule has 0 aliphatic carbocycles. The first-order chi connectivity index (χ1) is 12.0. The van der Waals surface area contributed by atoms with Crippen LogP contribution in [0.15, 0.2) is 30.5 Å². The van der Waals surface area contributed by atoms with E-state index in [1.165, 1.54) is 0 Å². The number of imidazole rings is 1. The Hall–Kier alpha value is -2.63. The van der Waals surface area contributed by atoms with Crippen LogP contribution in [0.25, 0.3) is 11.3 Å². The topological polar surface area (TPSA) is 81.2 Å². The molecular weight excluding hydrogens is 316 g/mol. The quantitative estimate of drug-likeness (QED) is 0.908. The Morgan fingerprint density at radius 1 is 1.08 bits per heavy atom. The molecule has 6 nitrogen and oxygen atoms in total. The molecule has 130 valence electrons. The normalized spacial score (nSPS) is 18.4. The molecule has 2 N–H and O–H groups in total. The number of nitrogens with two attached hydrogens (primary N) is 1. The van der Waals surface area contributed by atoms with Gasteiger partial charge in [0.1, 0.15) is 5.82 Å². The van der Waals surface area contributed by atoms with E-state index in [4.69, 9.17) is 10.7 Å². The summed E-state index contributed by atoms with van der Waals surface area (Å²) in [5.41, 5.74) is 8.04. The number of amides is 2. The average molecular weight is 338 g/mol. The Labute approximate surface area is 146 Å². The number of aromatic nitrogens is 2. The number of primary amides is 1. The van der Waals surface area contributed by atoms with Crippen molar-refractivity contribution in [2.24, 2.45) is 5.73 Å². The summed E-state index contributed by atoms with van der Waals surface area (Å²) >= 11 is 0. The minimum atomic E-state index is -0.416. The summed E-state index contributed by atoms with van der Waals surface area (Å²) in [6.45, 7) is 4.21. The summed E-state index contributed by atoms with van der Waals surface area (Å²) in [5, 5.41) is 0. The summed E-state index contributed by atoms with van der Waals surface area (Å²) in [7, 11) is 0. The Balaban J connectivity index is 1.62. The second-order valence-electron chi connectivity index (χ2n) is 7.10. The van der Waals surface area contributed by atoms with Crippen molar-refractivity contribution in [2.45, 2.75) is 38.1 Å². The van der Waals surface area contributed by atoms with Crippen molar-refractivity contribution in [1.29, 1.82) is 0 Å². The van der Waals surface area contributed by atoms with Crippen LogP contribution < -0.4 is 5.73 Å². The zero-order valence-corrected chi connectivity index (χ0v) is 14.4. The van der Waals surface area contributed by atoms with Crippen LogP contribution in [0, 0.1) is 0 Å². The lowest BCUT2D eigenvalue weighted by molar-refractivity contribution is -0.130. The van der Waals surface area contributed by atoms with Crippen LogP contribution in [-0.2, 0) is 16.8 Å². The lowest BCUT2D eigenvalue weighted by Crippen LogP contribution is -2.43. The van der Waals surface area contributed by atoms with Crippen molar-refractivity contribution in [2.75, 3.05) is 13.1 Å². The van der Waals surface area contributed by atoms with Crippen molar-refractivity contribution in [3.8, 4) is 11.3 Å². The Morgan fingerprint density at radius 3 is 2.32 bits per heavy atom. The summed E-state index contributed by atoms with van der Waals surface area (Å²) < 4.78 is 2.29. The third-order valence-electron chi connectivity index (χ3n) is 5.77. The van der Waals surface area contributed by atoms with Gasteiger partial charge in [-0.15, -0.1) is 0 Å². The molecule has 1 fully saturated rings. The minimum Gasteiger partial charge on any atom is -0.366 e. The maximum absolute atomic E-state index is 11.6. The molecule has 0 unspecified atom stereocenters. The smallest absolute Gasteiger partial charge is 0.248 e. The summed E-state index contributed by atoms with van der Waals surface area (Å²) in [6, 6.07) is 7.36. The van der Waals surface area contributed by atoms with Gasteiger partial charge in [0, 0.05) is 37.5 Å². The Kier molecular flexibility index (Phi) is 3.63. The van der Waals surface area contributed by atoms with Gasteiger partial charge >= 0.3 is 0 Å². The first kappa shape index (κ1) is 15.9. The van der Waals surface area contributed by atoms with Gasteiger partial charge in [0.2, 0.25) is 11.8 Å². The van der Waals surface area contributed by atoms with Crippen LogP contribution >= 0.6 is 0 Å². The number of benzene rings is 1. The monoisotopic (exact) mass is 338 g/mol. The van der Waals surface area contributed by atoms with Gasteiger partial charge in [0.15, 0.2) is 0 Å². The zero-order chi connectivity index (χ0) is 17.6. The fraction of sp³-hybridized carbons (Fsp3) is 0.421. The molecule has 1 spiro atoms. The molecule has 1 aromatic carbocycles. The largest absolute Gasteiger partial charge is 0.366 e. The fourth-order valence-corrected chi connectivity index (χ4v) is 4.22. The summed E-state index contributed by atoms with van der Waals surface area (Å²) in [6.07, 6.45) is 4.95. The number of piperidine rings is 1. The third kappa shape index (κ3) is 2.52. The van der Waals surface area contributed by atoms with Crippen molar-refractivity contribution < 1.29 is 9.59 Å². The standard InChI is InChI=1S/C19H22N4O2/c1-13(24)22-9-6-19(7-10-22)8-11-23-16(12-21-18(19)23)14-2-4-15(5-3-14)17(20)25/h2-5,12H,6-11H2,1H3,(H2,20,25). The highest BCUT2D eigenvalue weighted by atomic mass is 16.2. The Bertz CT molecular complexity index is 830. The van der Waals surface area contributed by atoms with E-state index in [1.54, 1.807) is 19.1 Å². The van der Waals surface area contributed by atoms with Crippen LogP contribution in [0.3, 0.4) is 0 Å². The van der Waals surface area contributed by atoms with E-state index in [0.717, 1.165) is 56.0 Å². The number of hydrogen-bond donors (Lipinski definition) is 1. The number of hydrogen-bond acceptors (Lipinski definition) is 3. The zero-order valence-electron chi connectivity index (χ0n) is 14.4. The maximum Gasteiger partial charge on any atom is 0.248 e. The van der Waals surface area contributed by atoms with Crippen molar-refractivity contribution >= 4 is 11.8 Å². The number of carbonyl (C=O) groups is 2. The highest BCUT2D eigenvalue weighted by Crippen LogP contribution is 2.44. The van der Waals surface area contributed by atoms with Crippen LogP contribution in [0.1, 0.15) is 42.4 Å². The molecule has 25 heavy (non-hydrogen) atoms. The molecule has 0 atom stereocenters. The number of rotatable bonds is 2. The fourth-order valence-electron chi connectivity index (χ4n) is 4.22. The molecule has 2 aliphatic heterocycles. The summed E-state index contributed by atoms with van der Waals surface area (Å²) in [5.74, 6) is 0.886. The second kappa shape index (κ2) is 5.72. The molecule has 0 saturated carbocycles. The highest BCUT2D eigenvalue weighted by molar-refractivity contribution is 5.93. The molecule has 4 rings (SSSR count). The summed E-state index contributed by atoms with van der Waals surface area (Å²) in [4.78, 5) is 29.5. The molecule has 2 amide bonds. The lowest BCUT2D eigenvalue weighted by Gasteiger charge is -2.38. The molecule has 3 heterocycles. The van der Waals surface area contributed by atoms with E-state index >= 15 is 0 Å². The van der Waals surface area contributed by atoms with Gasteiger partial charge in [0.05, 0.1) is 11.9 Å².